The van der Waals surface area contributed by atoms with Gasteiger partial charge in [0.1, 0.15) is 11.8 Å². The van der Waals surface area contributed by atoms with Crippen molar-refractivity contribution in [2.24, 2.45) is 0 Å². The Bertz CT molecular complexity index is 892. The molecule has 1 saturated heterocycles. The van der Waals surface area contributed by atoms with E-state index in [9.17, 15) is 22.8 Å². The van der Waals surface area contributed by atoms with Gasteiger partial charge in [-0.2, -0.15) is 13.2 Å². The van der Waals surface area contributed by atoms with Crippen molar-refractivity contribution < 1.29 is 27.5 Å². The SMILES string of the molecule is Cc1ccc(Nc2nccc(C(F)(F)F)n2)cc1C(=O)OC1CCC(=O)NC1. The highest BCUT2D eigenvalue weighted by Gasteiger charge is 2.32. The van der Waals surface area contributed by atoms with Crippen LogP contribution in [0.3, 0.4) is 0 Å². The molecule has 0 radical (unpaired) electrons. The minimum atomic E-state index is -4.59. The molecule has 7 nitrogen and oxygen atoms in total. The molecule has 10 heteroatoms. The summed E-state index contributed by atoms with van der Waals surface area (Å²) in [5, 5.41) is 5.29. The van der Waals surface area contributed by atoms with Crippen molar-refractivity contribution in [3.05, 3.63) is 47.3 Å². The summed E-state index contributed by atoms with van der Waals surface area (Å²) in [6.07, 6.45) is -3.29. The molecular weight excluding hydrogens is 377 g/mol. The van der Waals surface area contributed by atoms with Crippen LogP contribution in [0, 0.1) is 6.92 Å². The van der Waals surface area contributed by atoms with Crippen LogP contribution in [0.15, 0.2) is 30.5 Å². The molecule has 1 aromatic heterocycles. The molecule has 2 N–H and O–H groups in total. The lowest BCUT2D eigenvalue weighted by atomic mass is 10.1. The van der Waals surface area contributed by atoms with Crippen LogP contribution in [0.5, 0.6) is 0 Å². The first-order valence-electron chi connectivity index (χ1n) is 8.48. The van der Waals surface area contributed by atoms with Crippen LogP contribution in [0.4, 0.5) is 24.8 Å². The molecule has 2 aromatic rings. The lowest BCUT2D eigenvalue weighted by molar-refractivity contribution is -0.141. The number of ether oxygens (including phenoxy) is 1. The van der Waals surface area contributed by atoms with E-state index >= 15 is 0 Å². The van der Waals surface area contributed by atoms with Crippen molar-refractivity contribution in [2.45, 2.75) is 32.0 Å². The number of amides is 1. The zero-order valence-corrected chi connectivity index (χ0v) is 14.8. The molecule has 1 aliphatic rings. The van der Waals surface area contributed by atoms with Gasteiger partial charge in [-0.1, -0.05) is 6.07 Å². The second-order valence-corrected chi connectivity index (χ2v) is 6.29. The normalized spacial score (nSPS) is 17.0. The summed E-state index contributed by atoms with van der Waals surface area (Å²) in [6.45, 7) is 1.96. The van der Waals surface area contributed by atoms with Crippen molar-refractivity contribution in [3.63, 3.8) is 0 Å². The van der Waals surface area contributed by atoms with Crippen molar-refractivity contribution in [3.8, 4) is 0 Å². The quantitative estimate of drug-likeness (QED) is 0.775. The molecule has 1 fully saturated rings. The maximum atomic E-state index is 12.8. The van der Waals surface area contributed by atoms with Crippen LogP contribution in [0.2, 0.25) is 0 Å². The van der Waals surface area contributed by atoms with Gasteiger partial charge >= 0.3 is 12.1 Å². The van der Waals surface area contributed by atoms with E-state index in [-0.39, 0.29) is 30.4 Å². The van der Waals surface area contributed by atoms with Gasteiger partial charge in [0.2, 0.25) is 11.9 Å². The number of aryl methyl sites for hydroxylation is 1. The fraction of sp³-hybridized carbons (Fsp3) is 0.333. The minimum absolute atomic E-state index is 0.0873. The molecule has 3 rings (SSSR count). The second kappa shape index (κ2) is 7.83. The summed E-state index contributed by atoms with van der Waals surface area (Å²) in [7, 11) is 0. The fourth-order valence-electron chi connectivity index (χ4n) is 2.65. The number of carbonyl (C=O) groups excluding carboxylic acids is 2. The predicted molar refractivity (Wildman–Crippen MR) is 92.9 cm³/mol. The van der Waals surface area contributed by atoms with E-state index in [4.69, 9.17) is 4.74 Å². The van der Waals surface area contributed by atoms with Gasteiger partial charge in [-0.25, -0.2) is 14.8 Å². The van der Waals surface area contributed by atoms with Crippen LogP contribution in [0.25, 0.3) is 0 Å². The molecule has 1 aliphatic heterocycles. The zero-order valence-electron chi connectivity index (χ0n) is 14.8. The van der Waals surface area contributed by atoms with Crippen LogP contribution in [0.1, 0.15) is 34.5 Å². The first-order valence-corrected chi connectivity index (χ1v) is 8.48. The Morgan fingerprint density at radius 1 is 1.32 bits per heavy atom. The molecule has 1 amide bonds. The van der Waals surface area contributed by atoms with E-state index in [1.54, 1.807) is 19.1 Å². The van der Waals surface area contributed by atoms with E-state index in [2.05, 4.69) is 20.6 Å². The van der Waals surface area contributed by atoms with Gasteiger partial charge in [0, 0.05) is 18.3 Å². The van der Waals surface area contributed by atoms with Gasteiger partial charge in [0.25, 0.3) is 0 Å². The lowest BCUT2D eigenvalue weighted by Gasteiger charge is -2.23. The van der Waals surface area contributed by atoms with Crippen LogP contribution in [-0.2, 0) is 15.7 Å². The predicted octanol–water partition coefficient (Wildman–Crippen LogP) is 2.98. The van der Waals surface area contributed by atoms with E-state index in [0.29, 0.717) is 17.7 Å². The molecule has 1 aromatic carbocycles. The number of piperidine rings is 1. The maximum Gasteiger partial charge on any atom is 0.433 e. The van der Waals surface area contributed by atoms with E-state index in [1.807, 2.05) is 0 Å². The third-order valence-electron chi connectivity index (χ3n) is 4.15. The number of hydrogen-bond acceptors (Lipinski definition) is 6. The number of hydrogen-bond donors (Lipinski definition) is 2. The molecule has 0 saturated carbocycles. The lowest BCUT2D eigenvalue weighted by Crippen LogP contribution is -2.40. The van der Waals surface area contributed by atoms with Gasteiger partial charge in [0.05, 0.1) is 12.1 Å². The Kier molecular flexibility index (Phi) is 5.48. The Morgan fingerprint density at radius 2 is 2.11 bits per heavy atom. The van der Waals surface area contributed by atoms with Gasteiger partial charge in [0.15, 0.2) is 0 Å². The molecule has 148 valence electrons. The first kappa shape index (κ1) is 19.6. The average molecular weight is 394 g/mol. The number of anilines is 2. The van der Waals surface area contributed by atoms with E-state index < -0.39 is 23.9 Å². The smallest absolute Gasteiger partial charge is 0.433 e. The number of alkyl halides is 3. The highest BCUT2D eigenvalue weighted by atomic mass is 19.4. The Morgan fingerprint density at radius 3 is 2.79 bits per heavy atom. The Balaban J connectivity index is 1.74. The van der Waals surface area contributed by atoms with Crippen LogP contribution in [-0.4, -0.2) is 34.5 Å². The highest BCUT2D eigenvalue weighted by molar-refractivity contribution is 5.92. The number of nitrogens with zero attached hydrogens (tertiary/aromatic N) is 2. The van der Waals surface area contributed by atoms with Gasteiger partial charge in [-0.05, 0) is 37.1 Å². The summed E-state index contributed by atoms with van der Waals surface area (Å²) in [4.78, 5) is 30.8. The number of carbonyl (C=O) groups is 2. The zero-order chi connectivity index (χ0) is 20.3. The molecule has 0 spiro atoms. The number of esters is 1. The fourth-order valence-corrected chi connectivity index (χ4v) is 2.65. The molecule has 28 heavy (non-hydrogen) atoms. The van der Waals surface area contributed by atoms with Crippen LogP contribution >= 0.6 is 0 Å². The van der Waals surface area contributed by atoms with Crippen molar-refractivity contribution in [1.82, 2.24) is 15.3 Å². The average Bonchev–Trinajstić information content (AvgIpc) is 2.64. The molecular formula is C18H17F3N4O3. The summed E-state index contributed by atoms with van der Waals surface area (Å²) in [6, 6.07) is 5.46. The molecule has 1 unspecified atom stereocenters. The molecule has 0 bridgehead atoms. The minimum Gasteiger partial charge on any atom is -0.457 e. The first-order chi connectivity index (χ1) is 13.2. The summed E-state index contributed by atoms with van der Waals surface area (Å²) >= 11 is 0. The van der Waals surface area contributed by atoms with Gasteiger partial charge in [-0.15, -0.1) is 0 Å². The third kappa shape index (κ3) is 4.76. The summed E-state index contributed by atoms with van der Waals surface area (Å²) < 4.78 is 43.7. The number of rotatable bonds is 4. The topological polar surface area (TPSA) is 93.2 Å². The Hall–Kier alpha value is -3.17. The number of halogens is 3. The number of benzene rings is 1. The van der Waals surface area contributed by atoms with E-state index in [1.165, 1.54) is 6.07 Å². The molecule has 1 atom stereocenters. The molecule has 2 heterocycles. The summed E-state index contributed by atoms with van der Waals surface area (Å²) in [5.74, 6) is -0.906. The van der Waals surface area contributed by atoms with Crippen LogP contribution < -0.4 is 10.6 Å². The molecule has 0 aliphatic carbocycles. The number of nitrogens with one attached hydrogen (secondary N) is 2. The monoisotopic (exact) mass is 394 g/mol. The van der Waals surface area contributed by atoms with Crippen molar-refractivity contribution >= 4 is 23.5 Å². The summed E-state index contributed by atoms with van der Waals surface area (Å²) in [5.41, 5.74) is 0.166. The third-order valence-corrected chi connectivity index (χ3v) is 4.15. The van der Waals surface area contributed by atoms with E-state index in [0.717, 1.165) is 12.3 Å². The maximum absolute atomic E-state index is 12.8. The van der Waals surface area contributed by atoms with Gasteiger partial charge in [-0.3, -0.25) is 4.79 Å². The van der Waals surface area contributed by atoms with Crippen molar-refractivity contribution in [2.75, 3.05) is 11.9 Å². The second-order valence-electron chi connectivity index (χ2n) is 6.29. The number of aromatic nitrogens is 2. The highest BCUT2D eigenvalue weighted by Crippen LogP contribution is 2.28. The largest absolute Gasteiger partial charge is 0.457 e. The standard InChI is InChI=1S/C18H17F3N4O3/c1-10-2-3-11(24-17-22-7-6-14(25-17)18(19,20)21)8-13(10)16(27)28-12-4-5-15(26)23-9-12/h2-3,6-8,12H,4-5,9H2,1H3,(H,23,26)(H,22,24,25). The van der Waals surface area contributed by atoms with Crippen molar-refractivity contribution in [1.29, 1.82) is 0 Å². The van der Waals surface area contributed by atoms with Gasteiger partial charge < -0.3 is 15.4 Å². The Labute approximate surface area is 158 Å².